The lowest BCUT2D eigenvalue weighted by atomic mass is 10.0. The average molecular weight is 460 g/mol. The maximum atomic E-state index is 14.0. The quantitative estimate of drug-likeness (QED) is 0.589. The van der Waals surface area contributed by atoms with Gasteiger partial charge in [-0.25, -0.2) is 4.39 Å². The molecule has 0 unspecified atom stereocenters. The molecule has 3 aromatic carbocycles. The van der Waals surface area contributed by atoms with E-state index in [1.807, 2.05) is 24.3 Å². The van der Waals surface area contributed by atoms with Crippen LogP contribution in [0.5, 0.6) is 5.75 Å². The van der Waals surface area contributed by atoms with E-state index < -0.39 is 15.8 Å². The predicted molar refractivity (Wildman–Crippen MR) is 120 cm³/mol. The molecule has 6 nitrogen and oxygen atoms in total. The standard InChI is InChI=1S/C22H19ClFN3O3S/c1-30-18-10-3-2-6-14(18)12-13-25-22-26-21-16(15-7-4-9-17(24)20(15)23)8-5-11-19(21)31(28,29)27-22/h2-11H,12-13H2,1H3,(H2,25,26,27). The number of hydrogen-bond acceptors (Lipinski definition) is 5. The molecule has 2 N–H and O–H groups in total. The van der Waals surface area contributed by atoms with Gasteiger partial charge in [0.15, 0.2) is 0 Å². The highest BCUT2D eigenvalue weighted by Gasteiger charge is 2.28. The molecule has 1 aliphatic rings. The summed E-state index contributed by atoms with van der Waals surface area (Å²) in [6, 6.07) is 16.7. The van der Waals surface area contributed by atoms with Gasteiger partial charge >= 0.3 is 0 Å². The zero-order valence-electron chi connectivity index (χ0n) is 16.5. The molecule has 4 rings (SSSR count). The molecule has 9 heteroatoms. The monoisotopic (exact) mass is 459 g/mol. The van der Waals surface area contributed by atoms with Crippen LogP contribution in [0, 0.1) is 5.82 Å². The fourth-order valence-electron chi connectivity index (χ4n) is 3.42. The van der Waals surface area contributed by atoms with Crippen LogP contribution in [0.4, 0.5) is 10.1 Å². The fourth-order valence-corrected chi connectivity index (χ4v) is 4.77. The Morgan fingerprint density at radius 1 is 1.06 bits per heavy atom. The highest BCUT2D eigenvalue weighted by atomic mass is 35.5. The van der Waals surface area contributed by atoms with Crippen molar-refractivity contribution >= 4 is 33.3 Å². The van der Waals surface area contributed by atoms with E-state index in [0.29, 0.717) is 29.8 Å². The molecule has 3 aromatic rings. The lowest BCUT2D eigenvalue weighted by molar-refractivity contribution is 0.409. The van der Waals surface area contributed by atoms with Crippen LogP contribution >= 0.6 is 11.6 Å². The Hall–Kier alpha value is -3.10. The van der Waals surface area contributed by atoms with Gasteiger partial charge < -0.3 is 15.4 Å². The zero-order chi connectivity index (χ0) is 22.0. The molecule has 1 heterocycles. The first kappa shape index (κ1) is 21.1. The number of sulfonamides is 1. The van der Waals surface area contributed by atoms with Crippen LogP contribution in [0.25, 0.3) is 11.1 Å². The molecule has 0 bridgehead atoms. The summed E-state index contributed by atoms with van der Waals surface area (Å²) in [7, 11) is -2.35. The van der Waals surface area contributed by atoms with Crippen LogP contribution in [-0.4, -0.2) is 28.0 Å². The number of para-hydroxylation sites is 2. The number of nitrogens with zero attached hydrogens (tertiary/aromatic N) is 1. The van der Waals surface area contributed by atoms with Gasteiger partial charge in [0.1, 0.15) is 16.5 Å². The average Bonchev–Trinajstić information content (AvgIpc) is 2.75. The summed E-state index contributed by atoms with van der Waals surface area (Å²) in [6.45, 7) is 0.417. The number of benzene rings is 3. The van der Waals surface area contributed by atoms with Gasteiger partial charge in [0.25, 0.3) is 10.0 Å². The lowest BCUT2D eigenvalue weighted by Crippen LogP contribution is -2.36. The Labute approximate surface area is 184 Å². The van der Waals surface area contributed by atoms with Crippen LogP contribution in [0.1, 0.15) is 5.56 Å². The summed E-state index contributed by atoms with van der Waals surface area (Å²) in [4.78, 5) is 0.000562. The van der Waals surface area contributed by atoms with Crippen LogP contribution in [0.15, 0.2) is 70.0 Å². The minimum Gasteiger partial charge on any atom is -0.496 e. The number of ether oxygens (including phenoxy) is 1. The Bertz CT molecular complexity index is 1280. The van der Waals surface area contributed by atoms with Crippen molar-refractivity contribution in [2.45, 2.75) is 11.3 Å². The van der Waals surface area contributed by atoms with Crippen LogP contribution < -0.4 is 15.4 Å². The highest BCUT2D eigenvalue weighted by Crippen LogP contribution is 2.39. The van der Waals surface area contributed by atoms with E-state index in [1.165, 1.54) is 18.2 Å². The number of guanidine groups is 1. The summed E-state index contributed by atoms with van der Waals surface area (Å²) < 4.78 is 48.7. The molecule has 0 saturated heterocycles. The van der Waals surface area contributed by atoms with E-state index in [1.54, 1.807) is 25.3 Å². The number of anilines is 1. The molecule has 0 fully saturated rings. The van der Waals surface area contributed by atoms with Crippen molar-refractivity contribution in [2.24, 2.45) is 4.40 Å². The summed E-state index contributed by atoms with van der Waals surface area (Å²) in [5.74, 6) is 0.255. The highest BCUT2D eigenvalue weighted by molar-refractivity contribution is 7.90. The van der Waals surface area contributed by atoms with Crippen LogP contribution in [-0.2, 0) is 16.4 Å². The third kappa shape index (κ3) is 4.22. The number of nitrogens with one attached hydrogen (secondary N) is 2. The molecule has 0 atom stereocenters. The van der Waals surface area contributed by atoms with Gasteiger partial charge in [-0.05, 0) is 30.2 Å². The predicted octanol–water partition coefficient (Wildman–Crippen LogP) is 4.46. The summed E-state index contributed by atoms with van der Waals surface area (Å²) in [6.07, 6.45) is 0.592. The fraction of sp³-hybridized carbons (Fsp3) is 0.136. The number of halogens is 2. The first-order valence-corrected chi connectivity index (χ1v) is 11.3. The third-order valence-corrected chi connectivity index (χ3v) is 6.58. The maximum Gasteiger partial charge on any atom is 0.287 e. The molecular formula is C22H19ClFN3O3S. The lowest BCUT2D eigenvalue weighted by Gasteiger charge is -2.22. The smallest absolute Gasteiger partial charge is 0.287 e. The molecular weight excluding hydrogens is 441 g/mol. The van der Waals surface area contributed by atoms with Crippen molar-refractivity contribution in [3.8, 4) is 16.9 Å². The third-order valence-electron chi connectivity index (χ3n) is 4.88. The van der Waals surface area contributed by atoms with Crippen LogP contribution in [0.2, 0.25) is 5.02 Å². The molecule has 0 aromatic heterocycles. The molecule has 1 aliphatic heterocycles. The second kappa shape index (κ2) is 8.56. The number of fused-ring (bicyclic) bond motifs is 1. The Morgan fingerprint density at radius 2 is 1.81 bits per heavy atom. The Kier molecular flexibility index (Phi) is 5.84. The van der Waals surface area contributed by atoms with Gasteiger partial charge in [0, 0.05) is 17.7 Å². The molecule has 31 heavy (non-hydrogen) atoms. The summed E-state index contributed by atoms with van der Waals surface area (Å²) >= 11 is 6.15. The first-order valence-electron chi connectivity index (χ1n) is 9.46. The molecule has 0 amide bonds. The maximum absolute atomic E-state index is 14.0. The van der Waals surface area contributed by atoms with Gasteiger partial charge in [0.2, 0.25) is 5.96 Å². The van der Waals surface area contributed by atoms with Gasteiger partial charge in [-0.2, -0.15) is 8.42 Å². The van der Waals surface area contributed by atoms with Gasteiger partial charge in [-0.1, -0.05) is 54.1 Å². The largest absolute Gasteiger partial charge is 0.496 e. The summed E-state index contributed by atoms with van der Waals surface area (Å²) in [5, 5.41) is 5.97. The number of rotatable bonds is 5. The topological polar surface area (TPSA) is 79.8 Å². The SMILES string of the molecule is COc1ccccc1CCNC1=NS(=O)(=O)c2cccc(-c3cccc(F)c3Cl)c2N1. The molecule has 0 saturated carbocycles. The Balaban J connectivity index is 1.62. The van der Waals surface area contributed by atoms with E-state index in [-0.39, 0.29) is 15.9 Å². The van der Waals surface area contributed by atoms with E-state index >= 15 is 0 Å². The summed E-state index contributed by atoms with van der Waals surface area (Å²) in [5.41, 5.74) is 2.12. The minimum absolute atomic E-state index is 0.000562. The van der Waals surface area contributed by atoms with Crippen molar-refractivity contribution in [1.82, 2.24) is 5.32 Å². The van der Waals surface area contributed by atoms with Crippen molar-refractivity contribution in [2.75, 3.05) is 19.0 Å². The second-order valence-electron chi connectivity index (χ2n) is 6.81. The van der Waals surface area contributed by atoms with Gasteiger partial charge in [-0.3, -0.25) is 0 Å². The van der Waals surface area contributed by atoms with E-state index in [4.69, 9.17) is 16.3 Å². The number of methoxy groups -OCH3 is 1. The van der Waals surface area contributed by atoms with Gasteiger partial charge in [-0.15, -0.1) is 4.40 Å². The van der Waals surface area contributed by atoms with Crippen molar-refractivity contribution in [3.63, 3.8) is 0 Å². The molecule has 0 radical (unpaired) electrons. The zero-order valence-corrected chi connectivity index (χ0v) is 18.1. The van der Waals surface area contributed by atoms with Crippen LogP contribution in [0.3, 0.4) is 0 Å². The van der Waals surface area contributed by atoms with Crippen molar-refractivity contribution in [3.05, 3.63) is 77.1 Å². The Morgan fingerprint density at radius 3 is 2.61 bits per heavy atom. The molecule has 0 spiro atoms. The molecule has 0 aliphatic carbocycles. The number of hydrogen-bond donors (Lipinski definition) is 2. The molecule has 160 valence electrons. The normalized spacial score (nSPS) is 14.2. The first-order chi connectivity index (χ1) is 14.9. The van der Waals surface area contributed by atoms with E-state index in [9.17, 15) is 12.8 Å². The second-order valence-corrected chi connectivity index (χ2v) is 8.76. The van der Waals surface area contributed by atoms with E-state index in [2.05, 4.69) is 15.0 Å². The van der Waals surface area contributed by atoms with Gasteiger partial charge in [0.05, 0.1) is 17.8 Å². The van der Waals surface area contributed by atoms with E-state index in [0.717, 1.165) is 11.3 Å². The minimum atomic E-state index is -3.95. The van der Waals surface area contributed by atoms with Crippen molar-refractivity contribution in [1.29, 1.82) is 0 Å². The van der Waals surface area contributed by atoms with Crippen molar-refractivity contribution < 1.29 is 17.5 Å².